The Morgan fingerprint density at radius 2 is 1.69 bits per heavy atom. The Kier molecular flexibility index (Phi) is 13.8. The van der Waals surface area contributed by atoms with E-state index in [9.17, 15) is 14.0 Å². The van der Waals surface area contributed by atoms with Crippen LogP contribution in [-0.2, 0) is 4.79 Å². The molecule has 0 bridgehead atoms. The molecule has 36 heavy (non-hydrogen) atoms. The molecule has 11 heteroatoms. The Morgan fingerprint density at radius 1 is 1.19 bits per heavy atom. The van der Waals surface area contributed by atoms with Gasteiger partial charge in [-0.25, -0.2) is 19.4 Å². The van der Waals surface area contributed by atoms with E-state index in [0.29, 0.717) is 10.7 Å². The maximum Gasteiger partial charge on any atom is 0.293 e. The summed E-state index contributed by atoms with van der Waals surface area (Å²) in [7, 11) is 1.51. The lowest BCUT2D eigenvalue weighted by Crippen LogP contribution is -2.51. The van der Waals surface area contributed by atoms with E-state index in [0.717, 1.165) is 0 Å². The molecule has 0 spiro atoms. The molecule has 2 aromatic rings. The highest BCUT2D eigenvalue weighted by molar-refractivity contribution is 6.30. The standard InChI is InChI=1S/C18H18ClFN6O2.C3H8O.2C2H6/c1-18(2)13(25-17(21)26(3)16(18)28)11-6-10(4-5-12(11)20)24-15(27)14-22-7-9(19)8-23-14;1-3(2)4;2*1-2/h4-8,13H,1-3H3,(H2,21,25)(H,24,27);3-4H,1-2H3;2*1-2H3. The lowest BCUT2D eigenvalue weighted by atomic mass is 9.78. The Hall–Kier alpha value is -3.11. The largest absolute Gasteiger partial charge is 0.394 e. The zero-order valence-corrected chi connectivity index (χ0v) is 23.2. The summed E-state index contributed by atoms with van der Waals surface area (Å²) in [5, 5.41) is 10.9. The van der Waals surface area contributed by atoms with Crippen LogP contribution < -0.4 is 11.1 Å². The molecule has 1 aromatic carbocycles. The van der Waals surface area contributed by atoms with Gasteiger partial charge < -0.3 is 16.2 Å². The lowest BCUT2D eigenvalue weighted by Gasteiger charge is -2.38. The van der Waals surface area contributed by atoms with Crippen molar-refractivity contribution < 1.29 is 19.1 Å². The normalized spacial score (nSPS) is 15.8. The number of nitrogens with two attached hydrogens (primary N) is 1. The highest BCUT2D eigenvalue weighted by Crippen LogP contribution is 2.42. The molecule has 0 saturated heterocycles. The van der Waals surface area contributed by atoms with Crippen molar-refractivity contribution in [1.29, 1.82) is 0 Å². The van der Waals surface area contributed by atoms with Crippen LogP contribution in [0.25, 0.3) is 0 Å². The van der Waals surface area contributed by atoms with Crippen LogP contribution in [0.1, 0.15) is 77.6 Å². The number of anilines is 1. The number of carbonyl (C=O) groups is 2. The summed E-state index contributed by atoms with van der Waals surface area (Å²) >= 11 is 5.71. The molecule has 0 saturated carbocycles. The zero-order valence-electron chi connectivity index (χ0n) is 22.4. The van der Waals surface area contributed by atoms with Crippen molar-refractivity contribution in [2.75, 3.05) is 12.4 Å². The molecule has 1 aliphatic heterocycles. The highest BCUT2D eigenvalue weighted by Gasteiger charge is 2.45. The van der Waals surface area contributed by atoms with E-state index in [-0.39, 0.29) is 29.4 Å². The van der Waals surface area contributed by atoms with E-state index in [1.165, 1.54) is 42.5 Å². The number of halogens is 2. The quantitative estimate of drug-likeness (QED) is 0.527. The fourth-order valence-corrected chi connectivity index (χ4v) is 3.04. The maximum atomic E-state index is 14.6. The number of amides is 2. The number of rotatable bonds is 3. The number of aromatic nitrogens is 2. The number of hydrogen-bond donors (Lipinski definition) is 3. The first-order chi connectivity index (χ1) is 16.8. The number of guanidine groups is 1. The number of hydrogen-bond acceptors (Lipinski definition) is 7. The first kappa shape index (κ1) is 32.9. The Bertz CT molecular complexity index is 1030. The van der Waals surface area contributed by atoms with Crippen molar-refractivity contribution >= 4 is 35.1 Å². The molecule has 0 radical (unpaired) electrons. The van der Waals surface area contributed by atoms with Crippen LogP contribution in [0.5, 0.6) is 0 Å². The molecule has 2 amide bonds. The van der Waals surface area contributed by atoms with Crippen LogP contribution >= 0.6 is 11.6 Å². The summed E-state index contributed by atoms with van der Waals surface area (Å²) in [4.78, 5) is 38.1. The summed E-state index contributed by atoms with van der Waals surface area (Å²) in [5.41, 5.74) is 5.23. The molecule has 0 aliphatic carbocycles. The summed E-state index contributed by atoms with van der Waals surface area (Å²) < 4.78 is 14.6. The number of nitrogens with zero attached hydrogens (tertiary/aromatic N) is 4. The van der Waals surface area contributed by atoms with Crippen LogP contribution in [0.15, 0.2) is 35.6 Å². The SMILES string of the molecule is CC.CC.CC(C)O.CN1C(=O)C(C)(C)C(c2cc(NC(=O)c3ncc(Cl)cn3)ccc2F)N=C1N. The molecule has 9 nitrogen and oxygen atoms in total. The van der Waals surface area contributed by atoms with E-state index in [4.69, 9.17) is 22.4 Å². The second-order valence-electron chi connectivity index (χ2n) is 7.98. The second-order valence-corrected chi connectivity index (χ2v) is 8.42. The van der Waals surface area contributed by atoms with Gasteiger partial charge in [0.25, 0.3) is 5.91 Å². The molecule has 1 aliphatic rings. The summed E-state index contributed by atoms with van der Waals surface area (Å²) in [6.45, 7) is 14.8. The van der Waals surface area contributed by atoms with Crippen molar-refractivity contribution in [2.24, 2.45) is 16.1 Å². The van der Waals surface area contributed by atoms with Gasteiger partial charge in [0.2, 0.25) is 11.7 Å². The smallest absolute Gasteiger partial charge is 0.293 e. The number of aliphatic imine (C=N–C) groups is 1. The van der Waals surface area contributed by atoms with Crippen LogP contribution in [0.2, 0.25) is 5.02 Å². The first-order valence-electron chi connectivity index (χ1n) is 11.7. The third-order valence-corrected chi connectivity index (χ3v) is 4.71. The van der Waals surface area contributed by atoms with E-state index < -0.39 is 23.2 Å². The van der Waals surface area contributed by atoms with Gasteiger partial charge in [0.15, 0.2) is 5.96 Å². The van der Waals surface area contributed by atoms with Crippen LogP contribution in [0.4, 0.5) is 10.1 Å². The van der Waals surface area contributed by atoms with Crippen LogP contribution in [0, 0.1) is 11.2 Å². The molecule has 200 valence electrons. The number of aliphatic hydroxyl groups excluding tert-OH is 1. The highest BCUT2D eigenvalue weighted by atomic mass is 35.5. The van der Waals surface area contributed by atoms with Crippen molar-refractivity contribution in [3.8, 4) is 0 Å². The van der Waals surface area contributed by atoms with E-state index in [2.05, 4.69) is 20.3 Å². The topological polar surface area (TPSA) is 134 Å². The predicted molar refractivity (Wildman–Crippen MR) is 142 cm³/mol. The number of benzene rings is 1. The molecular weight excluding hydrogens is 487 g/mol. The first-order valence-corrected chi connectivity index (χ1v) is 12.1. The second kappa shape index (κ2) is 15.1. The minimum Gasteiger partial charge on any atom is -0.394 e. The van der Waals surface area contributed by atoms with Crippen molar-refractivity contribution in [3.05, 3.63) is 52.8 Å². The molecule has 0 fully saturated rings. The van der Waals surface area contributed by atoms with Gasteiger partial charge in [-0.2, -0.15) is 0 Å². The van der Waals surface area contributed by atoms with Crippen LogP contribution in [-0.4, -0.2) is 50.9 Å². The third kappa shape index (κ3) is 8.83. The van der Waals surface area contributed by atoms with Gasteiger partial charge in [-0.3, -0.25) is 14.5 Å². The zero-order chi connectivity index (χ0) is 28.2. The number of aliphatic hydroxyl groups is 1. The van der Waals surface area contributed by atoms with Crippen molar-refractivity contribution in [3.63, 3.8) is 0 Å². The summed E-state index contributed by atoms with van der Waals surface area (Å²) in [6, 6.07) is 3.16. The number of carbonyl (C=O) groups excluding carboxylic acids is 2. The summed E-state index contributed by atoms with van der Waals surface area (Å²) in [5.74, 6) is -1.53. The monoisotopic (exact) mass is 524 g/mol. The van der Waals surface area contributed by atoms with Gasteiger partial charge in [0.1, 0.15) is 5.82 Å². The Labute approximate surface area is 218 Å². The molecule has 1 unspecified atom stereocenters. The molecule has 2 heterocycles. The molecule has 3 rings (SSSR count). The minimum absolute atomic E-state index is 0.00210. The van der Waals surface area contributed by atoms with Crippen molar-refractivity contribution in [2.45, 2.75) is 67.5 Å². The predicted octanol–water partition coefficient (Wildman–Crippen LogP) is 4.81. The van der Waals surface area contributed by atoms with Gasteiger partial charge in [0.05, 0.1) is 16.5 Å². The lowest BCUT2D eigenvalue weighted by molar-refractivity contribution is -0.137. The van der Waals surface area contributed by atoms with Gasteiger partial charge in [0, 0.05) is 36.8 Å². The fraction of sp³-hybridized carbons (Fsp3) is 0.480. The van der Waals surface area contributed by atoms with Crippen molar-refractivity contribution in [1.82, 2.24) is 14.9 Å². The average molecular weight is 525 g/mol. The molecule has 1 aromatic heterocycles. The number of nitrogens with one attached hydrogen (secondary N) is 1. The Morgan fingerprint density at radius 3 is 2.19 bits per heavy atom. The minimum atomic E-state index is -1.03. The average Bonchev–Trinajstić information content (AvgIpc) is 2.84. The van der Waals surface area contributed by atoms with E-state index in [1.807, 2.05) is 27.7 Å². The van der Waals surface area contributed by atoms with Gasteiger partial charge in [-0.1, -0.05) is 39.3 Å². The molecule has 1 atom stereocenters. The van der Waals surface area contributed by atoms with Gasteiger partial charge >= 0.3 is 0 Å². The van der Waals surface area contributed by atoms with Gasteiger partial charge in [-0.15, -0.1) is 0 Å². The van der Waals surface area contributed by atoms with E-state index >= 15 is 0 Å². The molecular formula is C25H38ClFN6O3. The summed E-state index contributed by atoms with van der Waals surface area (Å²) in [6.07, 6.45) is 2.42. The van der Waals surface area contributed by atoms with E-state index in [1.54, 1.807) is 27.7 Å². The Balaban J connectivity index is 0.00000137. The molecule has 4 N–H and O–H groups in total. The third-order valence-electron chi connectivity index (χ3n) is 4.52. The fourth-order valence-electron chi connectivity index (χ4n) is 2.94. The van der Waals surface area contributed by atoms with Crippen LogP contribution in [0.3, 0.4) is 0 Å². The van der Waals surface area contributed by atoms with Gasteiger partial charge in [-0.05, 0) is 45.9 Å². The maximum absolute atomic E-state index is 14.6.